The molecule has 0 spiro atoms. The van der Waals surface area contributed by atoms with Crippen LogP contribution in [0.15, 0.2) is 144 Å². The van der Waals surface area contributed by atoms with Gasteiger partial charge in [-0.3, -0.25) is 28.8 Å². The molecule has 0 bridgehead atoms. The van der Waals surface area contributed by atoms with Gasteiger partial charge < -0.3 is 46.0 Å². The number of hydrogen-bond acceptors (Lipinski definition) is 12. The Morgan fingerprint density at radius 1 is 0.420 bits per heavy atom. The monoisotopic (exact) mass is 990 g/mol. The largest absolute Gasteiger partial charge is 0.372 e. The lowest BCUT2D eigenvalue weighted by atomic mass is 10.0. The van der Waals surface area contributed by atoms with Gasteiger partial charge in [-0.05, 0) is 90.0 Å². The minimum atomic E-state index is -1.97. The molecular weight excluding hydrogens is 937 g/mol. The Hall–Kier alpha value is -6.54. The van der Waals surface area contributed by atoms with Crippen LogP contribution in [0, 0.1) is 0 Å². The summed E-state index contributed by atoms with van der Waals surface area (Å²) in [5, 5.41) is 45.5. The van der Waals surface area contributed by atoms with Gasteiger partial charge in [-0.15, -0.1) is 34.0 Å². The fourth-order valence-electron chi connectivity index (χ4n) is 8.01. The van der Waals surface area contributed by atoms with Crippen LogP contribution in [-0.4, -0.2) is 107 Å². The molecule has 69 heavy (non-hydrogen) atoms. The lowest BCUT2D eigenvalue weighted by Crippen LogP contribution is -2.52. The first-order chi connectivity index (χ1) is 33.3. The Bertz CT molecular complexity index is 2350. The lowest BCUT2D eigenvalue weighted by Gasteiger charge is -2.21. The molecule has 6 N–H and O–H groups in total. The number of amides is 6. The zero-order valence-electron chi connectivity index (χ0n) is 37.7. The summed E-state index contributed by atoms with van der Waals surface area (Å²) in [6.45, 7) is 2.20. The summed E-state index contributed by atoms with van der Waals surface area (Å²) in [6.07, 6.45) is 2.38. The maximum absolute atomic E-state index is 12.5. The second kappa shape index (κ2) is 23.2. The molecule has 6 heterocycles. The Morgan fingerprint density at radius 3 is 0.913 bits per heavy atom. The number of para-hydroxylation sites is 3. The van der Waals surface area contributed by atoms with Crippen molar-refractivity contribution in [1.82, 2.24) is 16.0 Å². The molecule has 9 rings (SSSR count). The molecule has 6 amide bonds. The van der Waals surface area contributed by atoms with Crippen molar-refractivity contribution in [3.05, 3.63) is 158 Å². The van der Waals surface area contributed by atoms with Gasteiger partial charge in [-0.1, -0.05) is 72.8 Å². The van der Waals surface area contributed by atoms with Gasteiger partial charge in [0.15, 0.2) is 0 Å². The highest BCUT2D eigenvalue weighted by Gasteiger charge is 2.53. The van der Waals surface area contributed by atoms with Crippen molar-refractivity contribution in [1.29, 1.82) is 0 Å². The third-order valence-corrected chi connectivity index (χ3v) is 14.7. The summed E-state index contributed by atoms with van der Waals surface area (Å²) in [5.41, 5.74) is -3.82. The van der Waals surface area contributed by atoms with Crippen LogP contribution in [0.4, 0.5) is 17.1 Å². The van der Waals surface area contributed by atoms with Gasteiger partial charge in [-0.25, -0.2) is 0 Å². The first-order valence-electron chi connectivity index (χ1n) is 22.5. The molecule has 360 valence electrons. The Kier molecular flexibility index (Phi) is 16.9. The third-order valence-electron chi connectivity index (χ3n) is 11.9. The highest BCUT2D eigenvalue weighted by molar-refractivity contribution is 7.10. The van der Waals surface area contributed by atoms with Crippen LogP contribution in [-0.2, 0) is 48.0 Å². The van der Waals surface area contributed by atoms with Gasteiger partial charge in [0.2, 0.25) is 16.8 Å². The second-order valence-corrected chi connectivity index (χ2v) is 19.6. The van der Waals surface area contributed by atoms with Gasteiger partial charge in [0.05, 0.1) is 0 Å². The van der Waals surface area contributed by atoms with Crippen LogP contribution in [0.3, 0.4) is 0 Å². The number of rotatable bonds is 15. The molecule has 3 saturated heterocycles. The van der Waals surface area contributed by atoms with Crippen molar-refractivity contribution in [3.63, 3.8) is 0 Å². The smallest absolute Gasteiger partial charge is 0.268 e. The molecule has 15 nitrogen and oxygen atoms in total. The lowest BCUT2D eigenvalue weighted by molar-refractivity contribution is -0.150. The summed E-state index contributed by atoms with van der Waals surface area (Å²) < 4.78 is 0. The first-order valence-corrected chi connectivity index (χ1v) is 25.2. The topological polar surface area (TPSA) is 209 Å². The van der Waals surface area contributed by atoms with Gasteiger partial charge in [0.1, 0.15) is 0 Å². The fraction of sp³-hybridized carbons (Fsp3) is 0.294. The van der Waals surface area contributed by atoms with E-state index in [9.17, 15) is 44.1 Å². The Labute approximate surface area is 412 Å². The summed E-state index contributed by atoms with van der Waals surface area (Å²) in [5.74, 6) is -3.51. The molecule has 3 aliphatic rings. The van der Waals surface area contributed by atoms with E-state index in [1.807, 2.05) is 107 Å². The number of thiophene rings is 3. The highest BCUT2D eigenvalue weighted by atomic mass is 32.1. The van der Waals surface area contributed by atoms with Crippen molar-refractivity contribution >= 4 is 86.5 Å². The predicted octanol–water partition coefficient (Wildman–Crippen LogP) is 4.72. The minimum absolute atomic E-state index is 0.103. The van der Waals surface area contributed by atoms with E-state index >= 15 is 0 Å². The number of nitrogens with one attached hydrogen (secondary N) is 3. The molecule has 0 aliphatic carbocycles. The average Bonchev–Trinajstić information content (AvgIpc) is 4.26. The van der Waals surface area contributed by atoms with Crippen LogP contribution in [0.1, 0.15) is 33.9 Å². The van der Waals surface area contributed by atoms with E-state index in [1.165, 1.54) is 14.7 Å². The van der Waals surface area contributed by atoms with E-state index in [4.69, 9.17) is 0 Å². The van der Waals surface area contributed by atoms with Crippen molar-refractivity contribution < 1.29 is 44.1 Å². The summed E-state index contributed by atoms with van der Waals surface area (Å²) in [7, 11) is 0. The van der Waals surface area contributed by atoms with E-state index in [0.29, 0.717) is 75.6 Å². The van der Waals surface area contributed by atoms with E-state index in [1.54, 1.807) is 70.4 Å². The van der Waals surface area contributed by atoms with Gasteiger partial charge in [-0.2, -0.15) is 0 Å². The number of carbonyl (C=O) groups excluding carboxylic acids is 6. The third kappa shape index (κ3) is 12.0. The maximum Gasteiger partial charge on any atom is 0.268 e. The van der Waals surface area contributed by atoms with E-state index < -0.39 is 52.2 Å². The second-order valence-electron chi connectivity index (χ2n) is 16.5. The van der Waals surface area contributed by atoms with Gasteiger partial charge in [0.25, 0.3) is 35.4 Å². The summed E-state index contributed by atoms with van der Waals surface area (Å²) in [4.78, 5) is 82.1. The number of nitrogens with zero attached hydrogens (tertiary/aromatic N) is 3. The van der Waals surface area contributed by atoms with E-state index in [2.05, 4.69) is 16.0 Å². The first kappa shape index (κ1) is 50.3. The van der Waals surface area contributed by atoms with Crippen molar-refractivity contribution in [2.75, 3.05) is 54.0 Å². The van der Waals surface area contributed by atoms with Crippen molar-refractivity contribution in [2.24, 2.45) is 0 Å². The molecule has 3 aromatic heterocycles. The van der Waals surface area contributed by atoms with Crippen LogP contribution < -0.4 is 30.7 Å². The van der Waals surface area contributed by atoms with E-state index in [-0.39, 0.29) is 19.3 Å². The normalized spacial score (nSPS) is 20.7. The molecule has 18 heteroatoms. The molecule has 3 aromatic carbocycles. The van der Waals surface area contributed by atoms with Crippen molar-refractivity contribution in [2.45, 2.75) is 55.3 Å². The Morgan fingerprint density at radius 2 is 0.681 bits per heavy atom. The summed E-state index contributed by atoms with van der Waals surface area (Å²) in [6, 6.07) is 39.1. The number of carbonyl (C=O) groups is 6. The number of anilines is 3. The van der Waals surface area contributed by atoms with Crippen LogP contribution in [0.5, 0.6) is 0 Å². The zero-order valence-corrected chi connectivity index (χ0v) is 40.1. The summed E-state index contributed by atoms with van der Waals surface area (Å²) >= 11 is 4.85. The predicted molar refractivity (Wildman–Crippen MR) is 268 cm³/mol. The van der Waals surface area contributed by atoms with Crippen LogP contribution in [0.2, 0.25) is 0 Å². The molecule has 3 aliphatic heterocycles. The van der Waals surface area contributed by atoms with Crippen LogP contribution >= 0.6 is 34.0 Å². The van der Waals surface area contributed by atoms with Gasteiger partial charge in [0, 0.05) is 90.2 Å². The number of aliphatic hydroxyl groups is 3. The van der Waals surface area contributed by atoms with E-state index in [0.717, 1.165) is 14.6 Å². The van der Waals surface area contributed by atoms with Crippen LogP contribution in [0.25, 0.3) is 0 Å². The standard InChI is InChI=1S/3C17H18N2O3S/c3*20-15(18-10-8-14-7-4-12-23-14)17(22)9-11-19(16(17)21)13-5-2-1-3-6-13/h3*1-7,12,22H,8-11H2,(H,18,20)/t2*17-;/m10./s1. The molecule has 0 saturated carbocycles. The van der Waals surface area contributed by atoms with Crippen molar-refractivity contribution in [3.8, 4) is 0 Å². The number of benzene rings is 3. The molecule has 6 aromatic rings. The SMILES string of the molecule is O=C(NCCc1cccs1)C1(O)CCN(c2ccccc2)C1=O.O=C(NCCc1cccs1)[C@@]1(O)CCN(c2ccccc2)C1=O.O=C(NCCc1cccs1)[C@]1(O)CCN(c2ccccc2)C1=O. The minimum Gasteiger partial charge on any atom is -0.372 e. The Balaban J connectivity index is 0.000000153. The maximum atomic E-state index is 12.5. The molecule has 1 unspecified atom stereocenters. The highest BCUT2D eigenvalue weighted by Crippen LogP contribution is 2.31. The molecular formula is C51H54N6O9S3. The zero-order chi connectivity index (χ0) is 48.9. The molecule has 3 atom stereocenters. The molecule has 0 radical (unpaired) electrons. The molecule has 3 fully saturated rings. The van der Waals surface area contributed by atoms with Gasteiger partial charge >= 0.3 is 0 Å². The number of hydrogen-bond donors (Lipinski definition) is 6. The quantitative estimate of drug-likeness (QED) is 0.0786. The average molecular weight is 991 g/mol. The fourth-order valence-corrected chi connectivity index (χ4v) is 10.1.